The lowest BCUT2D eigenvalue weighted by Gasteiger charge is -2.36. The third kappa shape index (κ3) is 6.48. The maximum absolute atomic E-state index is 13.6. The minimum absolute atomic E-state index is 0.000482. The van der Waals surface area contributed by atoms with Crippen molar-refractivity contribution in [1.82, 2.24) is 19.2 Å². The van der Waals surface area contributed by atoms with Gasteiger partial charge in [-0.2, -0.15) is 30.7 Å². The second-order valence-electron chi connectivity index (χ2n) is 8.79. The highest BCUT2D eigenvalue weighted by molar-refractivity contribution is 7.09. The number of halogens is 6. The van der Waals surface area contributed by atoms with E-state index < -0.39 is 40.9 Å². The lowest BCUT2D eigenvalue weighted by atomic mass is 10.1. The summed E-state index contributed by atoms with van der Waals surface area (Å²) in [6.07, 6.45) is -9.26. The number of piperazine rings is 1. The summed E-state index contributed by atoms with van der Waals surface area (Å²) in [5, 5.41) is 2.30. The standard InChI is InChI=1S/C23H23F6N5O2S/c1-13(34-8-6-33(2)7-9-34)10-18-30-21(37-32-18)31-20(35)16-12-17(36-19(16)23(27,28)29)14-4-3-5-15(11-14)22(24,25)26/h3-5,11-13H,6-10H2,1-2H3,(H,30,31,32,35). The van der Waals surface area contributed by atoms with Crippen molar-refractivity contribution in [1.29, 1.82) is 0 Å². The van der Waals surface area contributed by atoms with Gasteiger partial charge in [-0.3, -0.25) is 15.0 Å². The number of benzene rings is 1. The molecule has 4 rings (SSSR count). The number of hydrogen-bond donors (Lipinski definition) is 1. The van der Waals surface area contributed by atoms with Gasteiger partial charge in [-0.05, 0) is 32.2 Å². The van der Waals surface area contributed by atoms with Crippen LogP contribution in [0.25, 0.3) is 11.3 Å². The Balaban J connectivity index is 1.51. The van der Waals surface area contributed by atoms with Crippen LogP contribution in [0.5, 0.6) is 0 Å². The number of aromatic nitrogens is 2. The fourth-order valence-electron chi connectivity index (χ4n) is 3.97. The van der Waals surface area contributed by atoms with Crippen LogP contribution in [0.4, 0.5) is 31.5 Å². The van der Waals surface area contributed by atoms with E-state index in [2.05, 4.69) is 24.5 Å². The van der Waals surface area contributed by atoms with Crippen LogP contribution in [-0.2, 0) is 18.8 Å². The first-order chi connectivity index (χ1) is 17.3. The molecule has 1 saturated heterocycles. The SMILES string of the molecule is CC(Cc1nsc(NC(=O)c2cc(-c3cccc(C(F)(F)F)c3)oc2C(F)(F)F)n1)N1CCN(C)CC1. The van der Waals surface area contributed by atoms with Crippen molar-refractivity contribution in [3.05, 3.63) is 53.0 Å². The van der Waals surface area contributed by atoms with Gasteiger partial charge in [0.25, 0.3) is 5.91 Å². The van der Waals surface area contributed by atoms with Gasteiger partial charge in [0, 0.05) is 55.7 Å². The summed E-state index contributed by atoms with van der Waals surface area (Å²) in [5.41, 5.74) is -2.19. The van der Waals surface area contributed by atoms with E-state index in [-0.39, 0.29) is 16.7 Å². The number of nitrogens with zero attached hydrogens (tertiary/aromatic N) is 4. The average molecular weight is 548 g/mol. The monoisotopic (exact) mass is 547 g/mol. The molecule has 3 aromatic rings. The number of anilines is 1. The Morgan fingerprint density at radius 1 is 1.11 bits per heavy atom. The zero-order valence-electron chi connectivity index (χ0n) is 19.8. The Kier molecular flexibility index (Phi) is 7.62. The van der Waals surface area contributed by atoms with Crippen molar-refractivity contribution in [3.63, 3.8) is 0 Å². The molecule has 0 aliphatic carbocycles. The van der Waals surface area contributed by atoms with Crippen molar-refractivity contribution >= 4 is 22.6 Å². The normalized spacial score (nSPS) is 16.6. The van der Waals surface area contributed by atoms with E-state index in [4.69, 9.17) is 4.42 Å². The van der Waals surface area contributed by atoms with Crippen LogP contribution >= 0.6 is 11.5 Å². The minimum Gasteiger partial charge on any atom is -0.451 e. The zero-order valence-corrected chi connectivity index (χ0v) is 20.6. The lowest BCUT2D eigenvalue weighted by Crippen LogP contribution is -2.48. The molecule has 1 fully saturated rings. The number of furan rings is 1. The van der Waals surface area contributed by atoms with E-state index in [0.29, 0.717) is 18.3 Å². The van der Waals surface area contributed by atoms with Crippen molar-refractivity contribution in [3.8, 4) is 11.3 Å². The topological polar surface area (TPSA) is 74.5 Å². The van der Waals surface area contributed by atoms with Crippen molar-refractivity contribution in [2.24, 2.45) is 0 Å². The van der Waals surface area contributed by atoms with Gasteiger partial charge in [-0.25, -0.2) is 4.98 Å². The smallest absolute Gasteiger partial charge is 0.450 e. The van der Waals surface area contributed by atoms with Gasteiger partial charge in [-0.1, -0.05) is 12.1 Å². The lowest BCUT2D eigenvalue weighted by molar-refractivity contribution is -0.153. The van der Waals surface area contributed by atoms with E-state index in [0.717, 1.165) is 62.0 Å². The maximum Gasteiger partial charge on any atom is 0.450 e. The first kappa shape index (κ1) is 27.1. The highest BCUT2D eigenvalue weighted by atomic mass is 32.1. The van der Waals surface area contributed by atoms with Crippen LogP contribution in [0.1, 0.15) is 34.4 Å². The Labute approximate surface area is 212 Å². The molecule has 1 amide bonds. The molecule has 2 aromatic heterocycles. The summed E-state index contributed by atoms with van der Waals surface area (Å²) in [4.78, 5) is 21.5. The Morgan fingerprint density at radius 2 is 1.81 bits per heavy atom. The molecule has 1 unspecified atom stereocenters. The van der Waals surface area contributed by atoms with Crippen LogP contribution in [0.2, 0.25) is 0 Å². The van der Waals surface area contributed by atoms with Gasteiger partial charge < -0.3 is 9.32 Å². The van der Waals surface area contributed by atoms with Gasteiger partial charge in [0.15, 0.2) is 0 Å². The number of amides is 1. The van der Waals surface area contributed by atoms with E-state index in [1.54, 1.807) is 0 Å². The van der Waals surface area contributed by atoms with Crippen LogP contribution in [-0.4, -0.2) is 64.3 Å². The van der Waals surface area contributed by atoms with Crippen LogP contribution < -0.4 is 5.32 Å². The summed E-state index contributed by atoms with van der Waals surface area (Å²) in [7, 11) is 2.05. The Hall–Kier alpha value is -2.97. The summed E-state index contributed by atoms with van der Waals surface area (Å²) in [6, 6.07) is 4.54. The van der Waals surface area contributed by atoms with Gasteiger partial charge >= 0.3 is 12.4 Å². The Morgan fingerprint density at radius 3 is 2.46 bits per heavy atom. The number of nitrogens with one attached hydrogen (secondary N) is 1. The second kappa shape index (κ2) is 10.4. The molecule has 0 saturated carbocycles. The first-order valence-corrected chi connectivity index (χ1v) is 12.0. The van der Waals surface area contributed by atoms with Crippen molar-refractivity contribution in [2.45, 2.75) is 31.7 Å². The fraction of sp³-hybridized carbons (Fsp3) is 0.435. The van der Waals surface area contributed by atoms with E-state index in [1.165, 1.54) is 0 Å². The predicted octanol–water partition coefficient (Wildman–Crippen LogP) is 5.27. The van der Waals surface area contributed by atoms with Crippen LogP contribution in [0.15, 0.2) is 34.7 Å². The molecule has 0 spiro atoms. The molecule has 1 aromatic carbocycles. The first-order valence-electron chi connectivity index (χ1n) is 11.3. The molecule has 1 atom stereocenters. The third-order valence-corrected chi connectivity index (χ3v) is 6.70. The largest absolute Gasteiger partial charge is 0.451 e. The zero-order chi connectivity index (χ0) is 27.0. The number of hydrogen-bond acceptors (Lipinski definition) is 7. The second-order valence-corrected chi connectivity index (χ2v) is 9.54. The highest BCUT2D eigenvalue weighted by Gasteiger charge is 2.41. The molecule has 0 radical (unpaired) electrons. The summed E-state index contributed by atoms with van der Waals surface area (Å²) in [5.74, 6) is -2.86. The van der Waals surface area contributed by atoms with Crippen molar-refractivity contribution < 1.29 is 35.6 Å². The number of carbonyl (C=O) groups is 1. The van der Waals surface area contributed by atoms with Crippen LogP contribution in [0.3, 0.4) is 0 Å². The summed E-state index contributed by atoms with van der Waals surface area (Å²) >= 11 is 0.826. The van der Waals surface area contributed by atoms with Gasteiger partial charge in [0.2, 0.25) is 10.9 Å². The minimum atomic E-state index is -5.06. The van der Waals surface area contributed by atoms with Crippen LogP contribution in [0, 0.1) is 0 Å². The van der Waals surface area contributed by atoms with E-state index in [1.807, 2.05) is 14.0 Å². The fourth-order valence-corrected chi connectivity index (χ4v) is 4.56. The molecule has 1 N–H and O–H groups in total. The van der Waals surface area contributed by atoms with Crippen molar-refractivity contribution in [2.75, 3.05) is 38.5 Å². The molecule has 1 aliphatic rings. The van der Waals surface area contributed by atoms with E-state index in [9.17, 15) is 31.1 Å². The molecule has 1 aliphatic heterocycles. The van der Waals surface area contributed by atoms with Gasteiger partial charge in [0.1, 0.15) is 11.6 Å². The molecular formula is C23H23F6N5O2S. The molecule has 7 nitrogen and oxygen atoms in total. The maximum atomic E-state index is 13.6. The molecule has 200 valence electrons. The molecule has 3 heterocycles. The Bertz CT molecular complexity index is 1250. The number of carbonyl (C=O) groups excluding carboxylic acids is 1. The molecule has 14 heteroatoms. The van der Waals surface area contributed by atoms with Gasteiger partial charge in [0.05, 0.1) is 11.1 Å². The average Bonchev–Trinajstić information content (AvgIpc) is 3.46. The quantitative estimate of drug-likeness (QED) is 0.424. The molecule has 0 bridgehead atoms. The number of alkyl halides is 6. The van der Waals surface area contributed by atoms with Gasteiger partial charge in [-0.15, -0.1) is 0 Å². The predicted molar refractivity (Wildman–Crippen MR) is 124 cm³/mol. The highest BCUT2D eigenvalue weighted by Crippen LogP contribution is 2.39. The number of rotatable bonds is 6. The number of likely N-dealkylation sites (N-methyl/N-ethyl adjacent to an activating group) is 1. The van der Waals surface area contributed by atoms with E-state index >= 15 is 0 Å². The third-order valence-electron chi connectivity index (χ3n) is 6.04. The molecule has 37 heavy (non-hydrogen) atoms. The summed E-state index contributed by atoms with van der Waals surface area (Å²) in [6.45, 7) is 5.68. The summed E-state index contributed by atoms with van der Waals surface area (Å²) < 4.78 is 89.0. The molecular weight excluding hydrogens is 524 g/mol.